The predicted molar refractivity (Wildman–Crippen MR) is 58.7 cm³/mol. The highest BCUT2D eigenvalue weighted by molar-refractivity contribution is 5.85. The van der Waals surface area contributed by atoms with E-state index in [-0.39, 0.29) is 23.6 Å². The van der Waals surface area contributed by atoms with Gasteiger partial charge < -0.3 is 9.47 Å². The first kappa shape index (κ1) is 12.3. The Morgan fingerprint density at radius 3 is 1.86 bits per heavy atom. The van der Waals surface area contributed by atoms with Crippen LogP contribution in [0.1, 0.15) is 46.0 Å². The highest BCUT2D eigenvalue weighted by atomic mass is 35.5. The van der Waals surface area contributed by atoms with Crippen molar-refractivity contribution in [2.75, 3.05) is 13.2 Å². The van der Waals surface area contributed by atoms with Crippen molar-refractivity contribution in [3.8, 4) is 0 Å². The van der Waals surface area contributed by atoms with Crippen LogP contribution in [0.4, 0.5) is 0 Å². The average Bonchev–Trinajstić information content (AvgIpc) is 2.13. The fourth-order valence-electron chi connectivity index (χ4n) is 2.12. The Bertz CT molecular complexity index is 174. The maximum Gasteiger partial charge on any atom is 0.168 e. The van der Waals surface area contributed by atoms with E-state index in [0.29, 0.717) is 0 Å². The average molecular weight is 221 g/mol. The molecule has 84 valence electrons. The largest absolute Gasteiger partial charge is 0.349 e. The summed E-state index contributed by atoms with van der Waals surface area (Å²) in [6, 6.07) is 0. The van der Waals surface area contributed by atoms with Crippen LogP contribution in [0.5, 0.6) is 0 Å². The first-order chi connectivity index (χ1) is 6.12. The molecule has 2 nitrogen and oxygen atoms in total. The van der Waals surface area contributed by atoms with E-state index < -0.39 is 0 Å². The van der Waals surface area contributed by atoms with Gasteiger partial charge in [-0.3, -0.25) is 0 Å². The number of hydrogen-bond acceptors (Lipinski definition) is 2. The fraction of sp³-hybridized carbons (Fsp3) is 1.00. The van der Waals surface area contributed by atoms with Gasteiger partial charge in [-0.15, -0.1) is 12.4 Å². The third kappa shape index (κ3) is 2.62. The summed E-state index contributed by atoms with van der Waals surface area (Å²) in [7, 11) is 0. The minimum atomic E-state index is -0.187. The van der Waals surface area contributed by atoms with Gasteiger partial charge in [0.1, 0.15) is 0 Å². The highest BCUT2D eigenvalue weighted by Crippen LogP contribution is 2.38. The first-order valence-corrected chi connectivity index (χ1v) is 5.40. The Kier molecular flexibility index (Phi) is 3.84. The van der Waals surface area contributed by atoms with Crippen LogP contribution in [0.3, 0.4) is 0 Å². The zero-order valence-corrected chi connectivity index (χ0v) is 9.99. The number of hydrogen-bond donors (Lipinski definition) is 0. The molecule has 14 heavy (non-hydrogen) atoms. The summed E-state index contributed by atoms with van der Waals surface area (Å²) in [5.74, 6) is -0.187. The van der Waals surface area contributed by atoms with Crippen LogP contribution in [0.25, 0.3) is 0 Å². The topological polar surface area (TPSA) is 18.5 Å². The van der Waals surface area contributed by atoms with Gasteiger partial charge in [0.25, 0.3) is 0 Å². The number of ether oxygens (including phenoxy) is 2. The van der Waals surface area contributed by atoms with Gasteiger partial charge in [-0.2, -0.15) is 0 Å². The van der Waals surface area contributed by atoms with Crippen molar-refractivity contribution in [2.45, 2.75) is 51.7 Å². The summed E-state index contributed by atoms with van der Waals surface area (Å²) in [5, 5.41) is 0. The molecule has 1 aliphatic carbocycles. The first-order valence-electron chi connectivity index (χ1n) is 5.40. The molecule has 2 aliphatic rings. The molecule has 1 aliphatic heterocycles. The molecule has 1 heterocycles. The highest BCUT2D eigenvalue weighted by Gasteiger charge is 2.40. The zero-order chi connectivity index (χ0) is 9.36. The van der Waals surface area contributed by atoms with Gasteiger partial charge in [0.05, 0.1) is 13.2 Å². The van der Waals surface area contributed by atoms with Crippen molar-refractivity contribution in [2.24, 2.45) is 5.41 Å². The zero-order valence-electron chi connectivity index (χ0n) is 9.17. The van der Waals surface area contributed by atoms with E-state index in [0.717, 1.165) is 26.1 Å². The molecule has 0 aromatic rings. The van der Waals surface area contributed by atoms with E-state index in [1.54, 1.807) is 0 Å². The maximum absolute atomic E-state index is 5.90. The third-order valence-corrected chi connectivity index (χ3v) is 3.07. The second-order valence-electron chi connectivity index (χ2n) is 5.21. The Balaban J connectivity index is 0.000000980. The summed E-state index contributed by atoms with van der Waals surface area (Å²) in [6.07, 6.45) is 6.07. The van der Waals surface area contributed by atoms with Gasteiger partial charge in [-0.25, -0.2) is 0 Å². The Hall–Kier alpha value is 0.210. The summed E-state index contributed by atoms with van der Waals surface area (Å²) >= 11 is 0. The summed E-state index contributed by atoms with van der Waals surface area (Å²) in [4.78, 5) is 0. The molecular weight excluding hydrogens is 200 g/mol. The minimum absolute atomic E-state index is 0. The standard InChI is InChI=1S/C11H20O2.ClH/c1-10(2)8-12-11(13-9-10)6-4-3-5-7-11;/h3-9H2,1-2H3;1H. The lowest BCUT2D eigenvalue weighted by atomic mass is 9.89. The molecule has 2 rings (SSSR count). The second-order valence-corrected chi connectivity index (χ2v) is 5.21. The third-order valence-electron chi connectivity index (χ3n) is 3.07. The van der Waals surface area contributed by atoms with Gasteiger partial charge in [0.15, 0.2) is 5.79 Å². The molecule has 2 fully saturated rings. The lowest BCUT2D eigenvalue weighted by Crippen LogP contribution is -2.48. The van der Waals surface area contributed by atoms with Crippen LogP contribution in [0.2, 0.25) is 0 Å². The van der Waals surface area contributed by atoms with E-state index in [9.17, 15) is 0 Å². The molecule has 0 aromatic heterocycles. The molecule has 1 spiro atoms. The van der Waals surface area contributed by atoms with Crippen molar-refractivity contribution >= 4 is 12.4 Å². The molecule has 1 saturated heterocycles. The van der Waals surface area contributed by atoms with Gasteiger partial charge in [-0.1, -0.05) is 20.3 Å². The molecule has 3 heteroatoms. The van der Waals surface area contributed by atoms with Crippen LogP contribution in [0, 0.1) is 5.41 Å². The van der Waals surface area contributed by atoms with E-state index in [1.807, 2.05) is 0 Å². The minimum Gasteiger partial charge on any atom is -0.349 e. The van der Waals surface area contributed by atoms with Crippen LogP contribution < -0.4 is 0 Å². The van der Waals surface area contributed by atoms with Crippen molar-refractivity contribution in [3.63, 3.8) is 0 Å². The van der Waals surface area contributed by atoms with E-state index in [1.165, 1.54) is 19.3 Å². The predicted octanol–water partition coefficient (Wildman–Crippen LogP) is 3.14. The van der Waals surface area contributed by atoms with Gasteiger partial charge in [0, 0.05) is 18.3 Å². The van der Waals surface area contributed by atoms with E-state index in [4.69, 9.17) is 9.47 Å². The van der Waals surface area contributed by atoms with E-state index in [2.05, 4.69) is 13.8 Å². The normalized spacial score (nSPS) is 29.6. The lowest BCUT2D eigenvalue weighted by Gasteiger charge is -2.45. The van der Waals surface area contributed by atoms with Crippen LogP contribution in [-0.2, 0) is 9.47 Å². The van der Waals surface area contributed by atoms with Crippen LogP contribution in [0.15, 0.2) is 0 Å². The molecule has 1 saturated carbocycles. The summed E-state index contributed by atoms with van der Waals surface area (Å²) < 4.78 is 11.8. The smallest absolute Gasteiger partial charge is 0.168 e. The Morgan fingerprint density at radius 2 is 1.36 bits per heavy atom. The second kappa shape index (κ2) is 4.38. The van der Waals surface area contributed by atoms with Gasteiger partial charge >= 0.3 is 0 Å². The fourth-order valence-corrected chi connectivity index (χ4v) is 2.12. The monoisotopic (exact) mass is 220 g/mol. The SMILES string of the molecule is CC1(C)COC2(CCCCC2)OC1.Cl. The number of halogens is 1. The molecule has 0 amide bonds. The van der Waals surface area contributed by atoms with Crippen molar-refractivity contribution < 1.29 is 9.47 Å². The number of rotatable bonds is 0. The summed E-state index contributed by atoms with van der Waals surface area (Å²) in [6.45, 7) is 6.10. The van der Waals surface area contributed by atoms with Crippen LogP contribution >= 0.6 is 12.4 Å². The molecule has 0 unspecified atom stereocenters. The molecule has 0 bridgehead atoms. The van der Waals surface area contributed by atoms with Crippen molar-refractivity contribution in [3.05, 3.63) is 0 Å². The Labute approximate surface area is 92.8 Å². The molecule has 0 atom stereocenters. The van der Waals surface area contributed by atoms with Crippen molar-refractivity contribution in [1.29, 1.82) is 0 Å². The molecule has 0 N–H and O–H groups in total. The quantitative estimate of drug-likeness (QED) is 0.625. The van der Waals surface area contributed by atoms with Crippen molar-refractivity contribution in [1.82, 2.24) is 0 Å². The van der Waals surface area contributed by atoms with Gasteiger partial charge in [-0.05, 0) is 12.8 Å². The summed E-state index contributed by atoms with van der Waals surface area (Å²) in [5.41, 5.74) is 0.211. The van der Waals surface area contributed by atoms with E-state index >= 15 is 0 Å². The maximum atomic E-state index is 5.90. The molecular formula is C11H21ClO2. The molecule has 0 radical (unpaired) electrons. The van der Waals surface area contributed by atoms with Gasteiger partial charge in [0.2, 0.25) is 0 Å². The Morgan fingerprint density at radius 1 is 0.857 bits per heavy atom. The van der Waals surface area contributed by atoms with Crippen LogP contribution in [-0.4, -0.2) is 19.0 Å². The molecule has 0 aromatic carbocycles. The lowest BCUT2D eigenvalue weighted by molar-refractivity contribution is -0.309.